The zero-order valence-electron chi connectivity index (χ0n) is 8.27. The van der Waals surface area contributed by atoms with Crippen molar-refractivity contribution in [2.45, 2.75) is 33.6 Å². The molecule has 1 amide bonds. The lowest BCUT2D eigenvalue weighted by Gasteiger charge is -2.00. The first-order valence-corrected chi connectivity index (χ1v) is 4.46. The molecule has 0 fully saturated rings. The summed E-state index contributed by atoms with van der Waals surface area (Å²) >= 11 is 0. The van der Waals surface area contributed by atoms with E-state index in [1.807, 2.05) is 20.8 Å². The minimum atomic E-state index is 0.0251. The molecule has 1 heterocycles. The van der Waals surface area contributed by atoms with Crippen molar-refractivity contribution in [1.29, 1.82) is 0 Å². The Morgan fingerprint density at radius 1 is 1.54 bits per heavy atom. The monoisotopic (exact) mass is 181 g/mol. The molecule has 0 saturated carbocycles. The predicted molar refractivity (Wildman–Crippen MR) is 51.6 cm³/mol. The second kappa shape index (κ2) is 4.07. The molecule has 0 aliphatic rings. The van der Waals surface area contributed by atoms with E-state index in [1.165, 1.54) is 0 Å². The topological polar surface area (TPSA) is 57.8 Å². The van der Waals surface area contributed by atoms with E-state index < -0.39 is 0 Å². The first-order valence-electron chi connectivity index (χ1n) is 4.46. The van der Waals surface area contributed by atoms with Crippen molar-refractivity contribution in [2.75, 3.05) is 5.32 Å². The summed E-state index contributed by atoms with van der Waals surface area (Å²) in [6, 6.07) is 0. The number of H-pyrrole nitrogens is 1. The third-order valence-electron chi connectivity index (χ3n) is 1.99. The molecule has 1 rings (SSSR count). The highest BCUT2D eigenvalue weighted by Crippen LogP contribution is 2.13. The number of carbonyl (C=O) groups is 1. The van der Waals surface area contributed by atoms with Gasteiger partial charge in [-0.1, -0.05) is 6.92 Å². The summed E-state index contributed by atoms with van der Waals surface area (Å²) in [6.07, 6.45) is 1.40. The van der Waals surface area contributed by atoms with E-state index in [-0.39, 0.29) is 5.91 Å². The van der Waals surface area contributed by atoms with Gasteiger partial charge in [-0.25, -0.2) is 0 Å². The fraction of sp³-hybridized carbons (Fsp3) is 0.556. The molecule has 0 aliphatic heterocycles. The van der Waals surface area contributed by atoms with Crippen molar-refractivity contribution < 1.29 is 4.79 Å². The second-order valence-corrected chi connectivity index (χ2v) is 3.12. The molecule has 0 atom stereocenters. The van der Waals surface area contributed by atoms with E-state index in [1.54, 1.807) is 0 Å². The van der Waals surface area contributed by atoms with Gasteiger partial charge < -0.3 is 5.32 Å². The maximum atomic E-state index is 11.2. The van der Waals surface area contributed by atoms with Crippen molar-refractivity contribution in [2.24, 2.45) is 0 Å². The Bertz CT molecular complexity index is 304. The maximum absolute atomic E-state index is 11.2. The number of carbonyl (C=O) groups excluding carboxylic acids is 1. The SMILES string of the molecule is CCCC(=O)Nc1n[nH]c(C)c1C. The van der Waals surface area contributed by atoms with Gasteiger partial charge in [0.05, 0.1) is 0 Å². The van der Waals surface area contributed by atoms with E-state index in [9.17, 15) is 4.79 Å². The van der Waals surface area contributed by atoms with Crippen LogP contribution in [0.2, 0.25) is 0 Å². The standard InChI is InChI=1S/C9H15N3O/c1-4-5-8(13)10-9-6(2)7(3)11-12-9/h4-5H2,1-3H3,(H2,10,11,12,13). The minimum absolute atomic E-state index is 0.0251. The van der Waals surface area contributed by atoms with Crippen molar-refractivity contribution in [1.82, 2.24) is 10.2 Å². The Labute approximate surface area is 77.7 Å². The Kier molecular flexibility index (Phi) is 3.06. The molecule has 4 nitrogen and oxygen atoms in total. The third-order valence-corrected chi connectivity index (χ3v) is 1.99. The average molecular weight is 181 g/mol. The van der Waals surface area contributed by atoms with Crippen molar-refractivity contribution in [3.8, 4) is 0 Å². The van der Waals surface area contributed by atoms with Crippen LogP contribution in [0, 0.1) is 13.8 Å². The van der Waals surface area contributed by atoms with Gasteiger partial charge in [0.2, 0.25) is 5.91 Å². The number of aromatic nitrogens is 2. The summed E-state index contributed by atoms with van der Waals surface area (Å²) in [5.41, 5.74) is 2.00. The van der Waals surface area contributed by atoms with Crippen LogP contribution in [0.1, 0.15) is 31.0 Å². The summed E-state index contributed by atoms with van der Waals surface area (Å²) in [6.45, 7) is 5.83. The zero-order valence-corrected chi connectivity index (χ0v) is 8.27. The van der Waals surface area contributed by atoms with Gasteiger partial charge in [-0.2, -0.15) is 5.10 Å². The summed E-state index contributed by atoms with van der Waals surface area (Å²) in [4.78, 5) is 11.2. The van der Waals surface area contributed by atoms with Gasteiger partial charge >= 0.3 is 0 Å². The lowest BCUT2D eigenvalue weighted by atomic mass is 10.2. The lowest BCUT2D eigenvalue weighted by Crippen LogP contribution is -2.11. The molecular formula is C9H15N3O. The van der Waals surface area contributed by atoms with Crippen LogP contribution >= 0.6 is 0 Å². The molecule has 1 aromatic heterocycles. The highest BCUT2D eigenvalue weighted by molar-refractivity contribution is 5.90. The highest BCUT2D eigenvalue weighted by atomic mass is 16.1. The van der Waals surface area contributed by atoms with Gasteiger partial charge in [-0.15, -0.1) is 0 Å². The summed E-state index contributed by atoms with van der Waals surface area (Å²) in [7, 11) is 0. The molecule has 13 heavy (non-hydrogen) atoms. The van der Waals surface area contributed by atoms with E-state index in [0.29, 0.717) is 12.2 Å². The molecule has 2 N–H and O–H groups in total. The van der Waals surface area contributed by atoms with E-state index in [2.05, 4.69) is 15.5 Å². The van der Waals surface area contributed by atoms with Crippen molar-refractivity contribution >= 4 is 11.7 Å². The molecule has 72 valence electrons. The molecule has 0 bridgehead atoms. The number of hydrogen-bond donors (Lipinski definition) is 2. The Morgan fingerprint density at radius 2 is 2.23 bits per heavy atom. The van der Waals surface area contributed by atoms with Crippen LogP contribution in [0.15, 0.2) is 0 Å². The third kappa shape index (κ3) is 2.31. The van der Waals surface area contributed by atoms with Crippen LogP contribution in [0.5, 0.6) is 0 Å². The number of aryl methyl sites for hydroxylation is 1. The van der Waals surface area contributed by atoms with E-state index in [4.69, 9.17) is 0 Å². The number of nitrogens with one attached hydrogen (secondary N) is 2. The van der Waals surface area contributed by atoms with E-state index >= 15 is 0 Å². The molecule has 0 spiro atoms. The number of rotatable bonds is 3. The molecule has 1 aromatic rings. The predicted octanol–water partition coefficient (Wildman–Crippen LogP) is 1.77. The number of amides is 1. The second-order valence-electron chi connectivity index (χ2n) is 3.12. The zero-order chi connectivity index (χ0) is 9.84. The number of anilines is 1. The Morgan fingerprint density at radius 3 is 2.69 bits per heavy atom. The molecule has 0 unspecified atom stereocenters. The lowest BCUT2D eigenvalue weighted by molar-refractivity contribution is -0.116. The van der Waals surface area contributed by atoms with Crippen LogP contribution in [0.3, 0.4) is 0 Å². The minimum Gasteiger partial charge on any atom is -0.309 e. The van der Waals surface area contributed by atoms with E-state index in [0.717, 1.165) is 17.7 Å². The first-order chi connectivity index (χ1) is 6.15. The first kappa shape index (κ1) is 9.77. The summed E-state index contributed by atoms with van der Waals surface area (Å²) < 4.78 is 0. The molecule has 4 heteroatoms. The Hall–Kier alpha value is -1.32. The van der Waals surface area contributed by atoms with Crippen LogP contribution < -0.4 is 5.32 Å². The van der Waals surface area contributed by atoms with Crippen molar-refractivity contribution in [3.05, 3.63) is 11.3 Å². The van der Waals surface area contributed by atoms with Crippen LogP contribution in [-0.4, -0.2) is 16.1 Å². The van der Waals surface area contributed by atoms with Gasteiger partial charge in [0, 0.05) is 17.7 Å². The van der Waals surface area contributed by atoms with Gasteiger partial charge in [0.15, 0.2) is 5.82 Å². The van der Waals surface area contributed by atoms with Crippen LogP contribution in [0.25, 0.3) is 0 Å². The largest absolute Gasteiger partial charge is 0.309 e. The summed E-state index contributed by atoms with van der Waals surface area (Å²) in [5.74, 6) is 0.674. The molecule has 0 aliphatic carbocycles. The van der Waals surface area contributed by atoms with Crippen LogP contribution in [-0.2, 0) is 4.79 Å². The molecular weight excluding hydrogens is 166 g/mol. The average Bonchev–Trinajstić information content (AvgIpc) is 2.37. The van der Waals surface area contributed by atoms with Gasteiger partial charge in [-0.05, 0) is 20.3 Å². The van der Waals surface area contributed by atoms with Gasteiger partial charge in [-0.3, -0.25) is 9.89 Å². The van der Waals surface area contributed by atoms with Crippen LogP contribution in [0.4, 0.5) is 5.82 Å². The van der Waals surface area contributed by atoms with Gasteiger partial charge in [0.25, 0.3) is 0 Å². The fourth-order valence-electron chi connectivity index (χ4n) is 1.03. The summed E-state index contributed by atoms with van der Waals surface area (Å²) in [5, 5.41) is 9.55. The number of hydrogen-bond acceptors (Lipinski definition) is 2. The fourth-order valence-corrected chi connectivity index (χ4v) is 1.03. The quantitative estimate of drug-likeness (QED) is 0.746. The highest BCUT2D eigenvalue weighted by Gasteiger charge is 2.07. The Balaban J connectivity index is 2.64. The smallest absolute Gasteiger partial charge is 0.225 e. The number of nitrogens with zero attached hydrogens (tertiary/aromatic N) is 1. The molecule has 0 aromatic carbocycles. The van der Waals surface area contributed by atoms with Crippen molar-refractivity contribution in [3.63, 3.8) is 0 Å². The molecule has 0 saturated heterocycles. The normalized spacial score (nSPS) is 10.1. The maximum Gasteiger partial charge on any atom is 0.225 e. The van der Waals surface area contributed by atoms with Gasteiger partial charge in [0.1, 0.15) is 0 Å². The molecule has 0 radical (unpaired) electrons. The number of aromatic amines is 1.